The van der Waals surface area contributed by atoms with E-state index < -0.39 is 6.09 Å². The Morgan fingerprint density at radius 1 is 1.36 bits per heavy atom. The molecule has 0 unspecified atom stereocenters. The number of hydrogen-bond acceptors (Lipinski definition) is 3. The normalized spacial score (nSPS) is 19.6. The van der Waals surface area contributed by atoms with Crippen molar-refractivity contribution in [1.82, 2.24) is 4.90 Å². The molecular weight excluding hydrogens is 144 g/mol. The van der Waals surface area contributed by atoms with Crippen LogP contribution < -0.4 is 5.73 Å². The van der Waals surface area contributed by atoms with Crippen LogP contribution in [0, 0.1) is 0 Å². The van der Waals surface area contributed by atoms with Gasteiger partial charge in [-0.1, -0.05) is 6.42 Å². The Morgan fingerprint density at radius 2 is 2.00 bits per heavy atom. The van der Waals surface area contributed by atoms with Crippen LogP contribution in [0.4, 0.5) is 4.79 Å². The first-order chi connectivity index (χ1) is 5.29. The van der Waals surface area contributed by atoms with Gasteiger partial charge in [-0.2, -0.15) is 0 Å². The van der Waals surface area contributed by atoms with E-state index in [1.807, 2.05) is 0 Å². The molecule has 4 heteroatoms. The molecule has 1 heterocycles. The highest BCUT2D eigenvalue weighted by molar-refractivity contribution is 5.64. The summed E-state index contributed by atoms with van der Waals surface area (Å²) >= 11 is 0. The van der Waals surface area contributed by atoms with Gasteiger partial charge < -0.3 is 10.5 Å². The van der Waals surface area contributed by atoms with Crippen molar-refractivity contribution in [2.45, 2.75) is 19.3 Å². The summed E-state index contributed by atoms with van der Waals surface area (Å²) in [6, 6.07) is 0. The third kappa shape index (κ3) is 3.23. The summed E-state index contributed by atoms with van der Waals surface area (Å²) in [4.78, 5) is 12.3. The Kier molecular flexibility index (Phi) is 3.16. The molecule has 0 radical (unpaired) electrons. The predicted molar refractivity (Wildman–Crippen MR) is 41.0 cm³/mol. The molecule has 1 aliphatic rings. The van der Waals surface area contributed by atoms with Crippen molar-refractivity contribution in [3.05, 3.63) is 0 Å². The molecule has 0 aromatic carbocycles. The molecule has 0 aromatic heterocycles. The number of likely N-dealkylation sites (tertiary alicyclic amines) is 1. The Bertz CT molecular complexity index is 132. The van der Waals surface area contributed by atoms with Crippen LogP contribution in [-0.4, -0.2) is 30.8 Å². The van der Waals surface area contributed by atoms with Crippen molar-refractivity contribution in [2.24, 2.45) is 5.73 Å². The molecule has 0 aromatic rings. The zero-order valence-corrected chi connectivity index (χ0v) is 6.58. The van der Waals surface area contributed by atoms with E-state index in [9.17, 15) is 4.79 Å². The van der Waals surface area contributed by atoms with E-state index in [0.717, 1.165) is 13.1 Å². The average Bonchev–Trinajstić information content (AvgIpc) is 2.03. The number of amides is 1. The minimum absolute atomic E-state index is 0.356. The molecule has 11 heavy (non-hydrogen) atoms. The summed E-state index contributed by atoms with van der Waals surface area (Å²) in [6.45, 7) is 2.40. The summed E-state index contributed by atoms with van der Waals surface area (Å²) in [5, 5.41) is 0. The van der Waals surface area contributed by atoms with Crippen LogP contribution in [0.2, 0.25) is 0 Å². The highest BCUT2D eigenvalue weighted by atomic mass is 16.6. The van der Waals surface area contributed by atoms with Crippen LogP contribution >= 0.6 is 0 Å². The second-order valence-electron chi connectivity index (χ2n) is 2.77. The molecule has 0 atom stereocenters. The van der Waals surface area contributed by atoms with Crippen LogP contribution in [0.15, 0.2) is 0 Å². The van der Waals surface area contributed by atoms with E-state index in [-0.39, 0.29) is 0 Å². The minimum atomic E-state index is -0.685. The van der Waals surface area contributed by atoms with Crippen molar-refractivity contribution in [3.8, 4) is 0 Å². The fourth-order valence-corrected chi connectivity index (χ4v) is 1.24. The van der Waals surface area contributed by atoms with Gasteiger partial charge in [0.25, 0.3) is 0 Å². The van der Waals surface area contributed by atoms with E-state index >= 15 is 0 Å². The summed E-state index contributed by atoms with van der Waals surface area (Å²) < 4.78 is 4.65. The lowest BCUT2D eigenvalue weighted by molar-refractivity contribution is 0.0634. The zero-order chi connectivity index (χ0) is 8.10. The molecule has 1 saturated heterocycles. The van der Waals surface area contributed by atoms with Crippen molar-refractivity contribution in [3.63, 3.8) is 0 Å². The van der Waals surface area contributed by atoms with E-state index in [2.05, 4.69) is 9.64 Å². The lowest BCUT2D eigenvalue weighted by atomic mass is 10.1. The van der Waals surface area contributed by atoms with Crippen molar-refractivity contribution < 1.29 is 9.53 Å². The smallest absolute Gasteiger partial charge is 0.405 e. The van der Waals surface area contributed by atoms with Crippen molar-refractivity contribution in [1.29, 1.82) is 0 Å². The molecule has 0 bridgehead atoms. The van der Waals surface area contributed by atoms with E-state index in [4.69, 9.17) is 5.73 Å². The molecule has 4 nitrogen and oxygen atoms in total. The molecule has 0 aliphatic carbocycles. The molecule has 1 fully saturated rings. The highest BCUT2D eigenvalue weighted by Crippen LogP contribution is 2.07. The molecule has 2 N–H and O–H groups in total. The summed E-state index contributed by atoms with van der Waals surface area (Å²) in [6.07, 6.45) is 2.99. The van der Waals surface area contributed by atoms with Gasteiger partial charge in [-0.15, -0.1) is 0 Å². The maximum atomic E-state index is 10.2. The monoisotopic (exact) mass is 158 g/mol. The third-order valence-electron chi connectivity index (χ3n) is 1.84. The molecule has 1 amide bonds. The van der Waals surface area contributed by atoms with Crippen LogP contribution in [0.1, 0.15) is 19.3 Å². The lowest BCUT2D eigenvalue weighted by Crippen LogP contribution is -2.33. The van der Waals surface area contributed by atoms with Gasteiger partial charge in [0, 0.05) is 13.1 Å². The standard InChI is InChI=1S/C7H14N2O2/c8-7(10)11-6-9-4-2-1-3-5-9/h1-6H2,(H2,8,10). The van der Waals surface area contributed by atoms with Gasteiger partial charge >= 0.3 is 6.09 Å². The summed E-state index contributed by atoms with van der Waals surface area (Å²) in [5.41, 5.74) is 4.82. The lowest BCUT2D eigenvalue weighted by Gasteiger charge is -2.25. The Morgan fingerprint density at radius 3 is 2.55 bits per heavy atom. The molecule has 64 valence electrons. The largest absolute Gasteiger partial charge is 0.434 e. The number of piperidine rings is 1. The zero-order valence-electron chi connectivity index (χ0n) is 6.58. The number of primary amides is 1. The van der Waals surface area contributed by atoms with Crippen LogP contribution in [0.25, 0.3) is 0 Å². The maximum Gasteiger partial charge on any atom is 0.405 e. The van der Waals surface area contributed by atoms with Crippen LogP contribution in [-0.2, 0) is 4.74 Å². The number of nitrogens with two attached hydrogens (primary N) is 1. The first-order valence-corrected chi connectivity index (χ1v) is 3.93. The fourth-order valence-electron chi connectivity index (χ4n) is 1.24. The summed E-state index contributed by atoms with van der Waals surface area (Å²) in [5.74, 6) is 0. The van der Waals surface area contributed by atoms with E-state index in [1.165, 1.54) is 19.3 Å². The minimum Gasteiger partial charge on any atom is -0.434 e. The van der Waals surface area contributed by atoms with E-state index in [1.54, 1.807) is 0 Å². The third-order valence-corrected chi connectivity index (χ3v) is 1.84. The first-order valence-electron chi connectivity index (χ1n) is 3.93. The summed E-state index contributed by atoms with van der Waals surface area (Å²) in [7, 11) is 0. The molecule has 1 rings (SSSR count). The predicted octanol–water partition coefficient (Wildman–Crippen LogP) is 0.525. The SMILES string of the molecule is NC(=O)OCN1CCCCC1. The number of carbonyl (C=O) groups is 1. The maximum absolute atomic E-state index is 10.2. The number of nitrogens with zero attached hydrogens (tertiary/aromatic N) is 1. The average molecular weight is 158 g/mol. The van der Waals surface area contributed by atoms with Crippen LogP contribution in [0.5, 0.6) is 0 Å². The van der Waals surface area contributed by atoms with Gasteiger partial charge in [0.15, 0.2) is 0 Å². The second kappa shape index (κ2) is 4.18. The van der Waals surface area contributed by atoms with Crippen molar-refractivity contribution >= 4 is 6.09 Å². The Labute approximate surface area is 66.3 Å². The number of carbonyl (C=O) groups excluding carboxylic acids is 1. The molecule has 0 saturated carbocycles. The quantitative estimate of drug-likeness (QED) is 0.637. The van der Waals surface area contributed by atoms with Crippen molar-refractivity contribution in [2.75, 3.05) is 19.8 Å². The highest BCUT2D eigenvalue weighted by Gasteiger charge is 2.10. The molecule has 1 aliphatic heterocycles. The number of ether oxygens (including phenoxy) is 1. The number of rotatable bonds is 2. The molecule has 0 spiro atoms. The van der Waals surface area contributed by atoms with Gasteiger partial charge in [0.1, 0.15) is 6.73 Å². The van der Waals surface area contributed by atoms with Gasteiger partial charge in [-0.05, 0) is 12.8 Å². The van der Waals surface area contributed by atoms with Crippen LogP contribution in [0.3, 0.4) is 0 Å². The second-order valence-corrected chi connectivity index (χ2v) is 2.77. The van der Waals surface area contributed by atoms with E-state index in [0.29, 0.717) is 6.73 Å². The van der Waals surface area contributed by atoms with Gasteiger partial charge in [0.05, 0.1) is 0 Å². The topological polar surface area (TPSA) is 55.6 Å². The van der Waals surface area contributed by atoms with Gasteiger partial charge in [0.2, 0.25) is 0 Å². The molecular formula is C7H14N2O2. The first kappa shape index (κ1) is 8.33. The number of hydrogen-bond donors (Lipinski definition) is 1. The fraction of sp³-hybridized carbons (Fsp3) is 0.857. The Balaban J connectivity index is 2.09. The van der Waals surface area contributed by atoms with Gasteiger partial charge in [-0.25, -0.2) is 4.79 Å². The Hall–Kier alpha value is -0.770. The van der Waals surface area contributed by atoms with Gasteiger partial charge in [-0.3, -0.25) is 4.90 Å².